The summed E-state index contributed by atoms with van der Waals surface area (Å²) >= 11 is 0. The van der Waals surface area contributed by atoms with Crippen molar-refractivity contribution in [1.82, 2.24) is 0 Å². The minimum absolute atomic E-state index is 0.271. The normalized spacial score (nSPS) is 48.0. The lowest BCUT2D eigenvalue weighted by molar-refractivity contribution is -0.296. The third kappa shape index (κ3) is 2.44. The Bertz CT molecular complexity index is 735. The van der Waals surface area contributed by atoms with Gasteiger partial charge < -0.3 is 18.9 Å². The molecule has 0 unspecified atom stereocenters. The van der Waals surface area contributed by atoms with E-state index in [1.165, 1.54) is 6.42 Å². The minimum atomic E-state index is -0.953. The minimum Gasteiger partial charge on any atom is -0.453 e. The molecule has 0 radical (unpaired) electrons. The highest BCUT2D eigenvalue weighted by Crippen LogP contribution is 2.63. The zero-order valence-corrected chi connectivity index (χ0v) is 16.2. The molecule has 27 heavy (non-hydrogen) atoms. The van der Waals surface area contributed by atoms with E-state index < -0.39 is 17.5 Å². The molecule has 0 aromatic heterocycles. The van der Waals surface area contributed by atoms with E-state index in [9.17, 15) is 4.79 Å². The van der Waals surface area contributed by atoms with Gasteiger partial charge in [0.05, 0.1) is 12.2 Å². The van der Waals surface area contributed by atoms with Crippen molar-refractivity contribution >= 4 is 5.97 Å². The first-order valence-electron chi connectivity index (χ1n) is 10.2. The molecule has 1 aromatic rings. The van der Waals surface area contributed by atoms with Crippen LogP contribution in [0.25, 0.3) is 0 Å². The second kappa shape index (κ2) is 6.03. The number of hydrogen-bond donors (Lipinski definition) is 0. The number of carbonyl (C=O) groups is 1. The Morgan fingerprint density at radius 2 is 1.89 bits per heavy atom. The number of rotatable bonds is 2. The number of hydrogen-bond acceptors (Lipinski definition) is 5. The van der Waals surface area contributed by atoms with Gasteiger partial charge in [-0.1, -0.05) is 32.0 Å². The summed E-state index contributed by atoms with van der Waals surface area (Å²) in [5.41, 5.74) is 0.149. The Balaban J connectivity index is 1.47. The van der Waals surface area contributed by atoms with Gasteiger partial charge >= 0.3 is 5.97 Å². The molecule has 0 amide bonds. The molecule has 5 heteroatoms. The van der Waals surface area contributed by atoms with Gasteiger partial charge in [-0.25, -0.2) is 4.79 Å². The lowest BCUT2D eigenvalue weighted by atomic mass is 9.57. The van der Waals surface area contributed by atoms with E-state index in [1.807, 2.05) is 25.1 Å². The standard InChI is InChI=1S/C22H28O5/c1-13-9-10-16-14(2)12-24-20-22(16)17(13)11-18(21(3,26-20)27-22)25-19(23)15-7-5-4-6-8-15/h4-8,13-14,16-18,20H,9-12H2,1-3H3/t13-,14+,16+,17+,18-,20-,21+,22+/m1/s1. The maximum atomic E-state index is 12.7. The van der Waals surface area contributed by atoms with Crippen LogP contribution >= 0.6 is 0 Å². The van der Waals surface area contributed by atoms with Crippen LogP contribution in [0.1, 0.15) is 50.4 Å². The van der Waals surface area contributed by atoms with Crippen LogP contribution in [0.15, 0.2) is 30.3 Å². The van der Waals surface area contributed by atoms with Gasteiger partial charge in [-0.2, -0.15) is 0 Å². The lowest BCUT2D eigenvalue weighted by Crippen LogP contribution is -2.66. The first-order valence-corrected chi connectivity index (χ1v) is 10.2. The topological polar surface area (TPSA) is 54.0 Å². The summed E-state index contributed by atoms with van der Waals surface area (Å²) < 4.78 is 25.1. The Morgan fingerprint density at radius 3 is 2.67 bits per heavy atom. The molecular formula is C22H28O5. The highest BCUT2D eigenvalue weighted by Gasteiger charge is 2.73. The number of benzene rings is 1. The fraction of sp³-hybridized carbons (Fsp3) is 0.682. The van der Waals surface area contributed by atoms with E-state index in [1.54, 1.807) is 12.1 Å². The molecule has 5 rings (SSSR count). The number of fused-ring (bicyclic) bond motifs is 1. The van der Waals surface area contributed by atoms with Crippen LogP contribution < -0.4 is 0 Å². The SMILES string of the molecule is C[C@@H]1CC[C@H]2[C@@H](C)CO[C@@H]3O[C@@]4(C)O[C@@]32[C@H]1C[C@H]4OC(=O)c1ccccc1. The number of carbonyl (C=O) groups excluding carboxylic acids is 1. The summed E-state index contributed by atoms with van der Waals surface area (Å²) in [4.78, 5) is 12.7. The van der Waals surface area contributed by atoms with Gasteiger partial charge in [-0.3, -0.25) is 0 Å². The molecule has 4 fully saturated rings. The number of ether oxygens (including phenoxy) is 4. The van der Waals surface area contributed by atoms with Crippen LogP contribution in [0.2, 0.25) is 0 Å². The molecule has 3 heterocycles. The first kappa shape index (κ1) is 17.7. The van der Waals surface area contributed by atoms with E-state index >= 15 is 0 Å². The lowest BCUT2D eigenvalue weighted by Gasteiger charge is -2.57. The summed E-state index contributed by atoms with van der Waals surface area (Å²) in [6.45, 7) is 7.14. The molecular weight excluding hydrogens is 344 g/mol. The van der Waals surface area contributed by atoms with Crippen molar-refractivity contribution in [3.63, 3.8) is 0 Å². The van der Waals surface area contributed by atoms with E-state index in [4.69, 9.17) is 18.9 Å². The van der Waals surface area contributed by atoms with Crippen molar-refractivity contribution < 1.29 is 23.7 Å². The molecule has 8 atom stereocenters. The van der Waals surface area contributed by atoms with Gasteiger partial charge in [-0.15, -0.1) is 0 Å². The van der Waals surface area contributed by atoms with Gasteiger partial charge in [0.2, 0.25) is 5.79 Å². The third-order valence-electron chi connectivity index (χ3n) is 7.38. The van der Waals surface area contributed by atoms with Crippen molar-refractivity contribution in [1.29, 1.82) is 0 Å². The molecule has 3 aliphatic heterocycles. The van der Waals surface area contributed by atoms with E-state index in [0.29, 0.717) is 29.9 Å². The third-order valence-corrected chi connectivity index (χ3v) is 7.38. The van der Waals surface area contributed by atoms with Crippen LogP contribution in [-0.2, 0) is 18.9 Å². The first-order chi connectivity index (χ1) is 12.9. The summed E-state index contributed by atoms with van der Waals surface area (Å²) in [6, 6.07) is 9.12. The Kier molecular flexibility index (Phi) is 3.94. The van der Waals surface area contributed by atoms with Crippen molar-refractivity contribution in [2.45, 2.75) is 63.8 Å². The molecule has 0 N–H and O–H groups in total. The molecule has 1 aliphatic carbocycles. The zero-order valence-electron chi connectivity index (χ0n) is 16.2. The van der Waals surface area contributed by atoms with E-state index in [0.717, 1.165) is 12.8 Å². The molecule has 5 nitrogen and oxygen atoms in total. The van der Waals surface area contributed by atoms with Crippen LogP contribution in [0, 0.1) is 23.7 Å². The van der Waals surface area contributed by atoms with Crippen molar-refractivity contribution in [2.75, 3.05) is 6.61 Å². The molecule has 1 spiro atoms. The predicted octanol–water partition coefficient (Wildman–Crippen LogP) is 3.77. The van der Waals surface area contributed by atoms with Crippen LogP contribution in [0.3, 0.4) is 0 Å². The fourth-order valence-corrected chi connectivity index (χ4v) is 6.00. The summed E-state index contributed by atoms with van der Waals surface area (Å²) in [5, 5.41) is 0. The maximum Gasteiger partial charge on any atom is 0.338 e. The largest absolute Gasteiger partial charge is 0.453 e. The quantitative estimate of drug-likeness (QED) is 0.740. The fourth-order valence-electron chi connectivity index (χ4n) is 6.00. The Hall–Kier alpha value is -1.43. The van der Waals surface area contributed by atoms with E-state index in [2.05, 4.69) is 13.8 Å². The predicted molar refractivity (Wildman–Crippen MR) is 97.9 cm³/mol. The average molecular weight is 372 g/mol. The second-order valence-corrected chi connectivity index (χ2v) is 9.00. The highest BCUT2D eigenvalue weighted by molar-refractivity contribution is 5.89. The smallest absolute Gasteiger partial charge is 0.338 e. The Labute approximate surface area is 160 Å². The molecule has 1 saturated carbocycles. The maximum absolute atomic E-state index is 12.7. The van der Waals surface area contributed by atoms with Gasteiger partial charge in [0.15, 0.2) is 12.4 Å². The zero-order chi connectivity index (χ0) is 18.8. The second-order valence-electron chi connectivity index (χ2n) is 9.00. The summed E-state index contributed by atoms with van der Waals surface area (Å²) in [5.74, 6) is 0.366. The van der Waals surface area contributed by atoms with Crippen LogP contribution in [-0.4, -0.2) is 36.4 Å². The van der Waals surface area contributed by atoms with E-state index in [-0.39, 0.29) is 18.2 Å². The molecule has 3 saturated heterocycles. The van der Waals surface area contributed by atoms with Crippen molar-refractivity contribution in [3.05, 3.63) is 35.9 Å². The average Bonchev–Trinajstić information content (AvgIpc) is 2.92. The summed E-state index contributed by atoms with van der Waals surface area (Å²) in [6.07, 6.45) is 2.28. The van der Waals surface area contributed by atoms with Crippen molar-refractivity contribution in [2.24, 2.45) is 23.7 Å². The molecule has 4 aliphatic rings. The van der Waals surface area contributed by atoms with Gasteiger partial charge in [0.25, 0.3) is 0 Å². The van der Waals surface area contributed by atoms with Gasteiger partial charge in [0.1, 0.15) is 5.60 Å². The highest BCUT2D eigenvalue weighted by atomic mass is 16.8. The number of esters is 1. The van der Waals surface area contributed by atoms with Crippen molar-refractivity contribution in [3.8, 4) is 0 Å². The summed E-state index contributed by atoms with van der Waals surface area (Å²) in [7, 11) is 0. The molecule has 2 bridgehead atoms. The van der Waals surface area contributed by atoms with Gasteiger partial charge in [0, 0.05) is 0 Å². The van der Waals surface area contributed by atoms with Crippen LogP contribution in [0.4, 0.5) is 0 Å². The monoisotopic (exact) mass is 372 g/mol. The molecule has 1 aromatic carbocycles. The molecule has 146 valence electrons. The Morgan fingerprint density at radius 1 is 1.11 bits per heavy atom. The van der Waals surface area contributed by atoms with Gasteiger partial charge in [-0.05, 0) is 62.0 Å². The van der Waals surface area contributed by atoms with Crippen LogP contribution in [0.5, 0.6) is 0 Å².